The zero-order valence-corrected chi connectivity index (χ0v) is 12.7. The van der Waals surface area contributed by atoms with Crippen molar-refractivity contribution >= 4 is 39.0 Å². The normalized spacial score (nSPS) is 17.7. The van der Waals surface area contributed by atoms with Crippen LogP contribution in [0.1, 0.15) is 9.67 Å². The Hall–Kier alpha value is -1.12. The molecule has 1 fully saturated rings. The molecule has 0 aliphatic carbocycles. The lowest BCUT2D eigenvalue weighted by molar-refractivity contribution is 0.0657. The number of thiophene rings is 1. The molecule has 2 heterocycles. The van der Waals surface area contributed by atoms with Crippen molar-refractivity contribution < 1.29 is 10.0 Å². The molecule has 19 heavy (non-hydrogen) atoms. The van der Waals surface area contributed by atoms with Crippen LogP contribution in [-0.2, 0) is 0 Å². The molecule has 0 radical (unpaired) electrons. The number of nitrogens with two attached hydrogens (primary N) is 1. The van der Waals surface area contributed by atoms with Crippen LogP contribution in [0.3, 0.4) is 0 Å². The molecular formula is C11H15BrN4O2S. The third-order valence-electron chi connectivity index (χ3n) is 2.98. The first kappa shape index (κ1) is 14.3. The summed E-state index contributed by atoms with van der Waals surface area (Å²) in [6.45, 7) is 3.20. The first-order valence-corrected chi connectivity index (χ1v) is 7.50. The minimum atomic E-state index is 0.0605. The van der Waals surface area contributed by atoms with Gasteiger partial charge in [0.2, 0.25) is 0 Å². The van der Waals surface area contributed by atoms with Gasteiger partial charge in [0.25, 0.3) is 5.91 Å². The maximum Gasteiger partial charge on any atom is 0.265 e. The van der Waals surface area contributed by atoms with Crippen molar-refractivity contribution in [2.45, 2.75) is 0 Å². The van der Waals surface area contributed by atoms with Crippen LogP contribution >= 0.6 is 27.3 Å². The summed E-state index contributed by atoms with van der Waals surface area (Å²) in [5.41, 5.74) is 5.47. The van der Waals surface area contributed by atoms with Crippen LogP contribution in [0.2, 0.25) is 0 Å². The molecule has 6 nitrogen and oxygen atoms in total. The fourth-order valence-electron chi connectivity index (χ4n) is 1.96. The molecule has 2 rings (SSSR count). The van der Waals surface area contributed by atoms with E-state index in [2.05, 4.69) is 26.0 Å². The van der Waals surface area contributed by atoms with Gasteiger partial charge in [0.1, 0.15) is 4.88 Å². The predicted octanol–water partition coefficient (Wildman–Crippen LogP) is 1.01. The lowest BCUT2D eigenvalue weighted by atomic mass is 10.3. The van der Waals surface area contributed by atoms with Crippen molar-refractivity contribution in [2.75, 3.05) is 32.7 Å². The van der Waals surface area contributed by atoms with Crippen LogP contribution in [0, 0.1) is 0 Å². The molecule has 0 saturated carbocycles. The molecule has 104 valence electrons. The molecule has 1 aliphatic heterocycles. The van der Waals surface area contributed by atoms with E-state index in [-0.39, 0.29) is 11.7 Å². The number of nitrogens with zero attached hydrogens (tertiary/aromatic N) is 3. The number of halogens is 1. The number of oxime groups is 1. The van der Waals surface area contributed by atoms with E-state index in [9.17, 15) is 4.79 Å². The monoisotopic (exact) mass is 346 g/mol. The second-order valence-corrected chi connectivity index (χ2v) is 6.03. The average molecular weight is 347 g/mol. The molecule has 3 N–H and O–H groups in total. The molecule has 0 unspecified atom stereocenters. The number of amides is 1. The highest BCUT2D eigenvalue weighted by Gasteiger charge is 2.24. The van der Waals surface area contributed by atoms with Gasteiger partial charge in [-0.05, 0) is 27.4 Å². The number of rotatable bonds is 3. The molecule has 0 atom stereocenters. The Morgan fingerprint density at radius 2 is 2.16 bits per heavy atom. The van der Waals surface area contributed by atoms with Crippen LogP contribution in [0.25, 0.3) is 0 Å². The standard InChI is InChI=1S/C11H15BrN4O2S/c12-8-1-6-19-10(8)11(17)16-4-2-15(3-5-16)7-9(13)14-18/h1,6,18H,2-5,7H2,(H2,13,14). The molecule has 8 heteroatoms. The van der Waals surface area contributed by atoms with E-state index in [0.29, 0.717) is 19.6 Å². The van der Waals surface area contributed by atoms with Crippen LogP contribution in [0.4, 0.5) is 0 Å². The second kappa shape index (κ2) is 6.36. The molecule has 0 aromatic carbocycles. The van der Waals surface area contributed by atoms with Crippen molar-refractivity contribution in [1.29, 1.82) is 0 Å². The molecule has 0 spiro atoms. The van der Waals surface area contributed by atoms with Gasteiger partial charge in [-0.25, -0.2) is 0 Å². The van der Waals surface area contributed by atoms with E-state index in [1.165, 1.54) is 11.3 Å². The third-order valence-corrected chi connectivity index (χ3v) is 4.81. The van der Waals surface area contributed by atoms with E-state index in [1.54, 1.807) is 0 Å². The molecule has 1 aliphatic rings. The van der Waals surface area contributed by atoms with E-state index in [1.807, 2.05) is 16.3 Å². The highest BCUT2D eigenvalue weighted by Crippen LogP contribution is 2.24. The van der Waals surface area contributed by atoms with Gasteiger partial charge in [0.05, 0.1) is 6.54 Å². The molecule has 1 saturated heterocycles. The van der Waals surface area contributed by atoms with Gasteiger partial charge in [-0.15, -0.1) is 11.3 Å². The summed E-state index contributed by atoms with van der Waals surface area (Å²) in [4.78, 5) is 16.9. The van der Waals surface area contributed by atoms with Crippen molar-refractivity contribution in [3.63, 3.8) is 0 Å². The summed E-state index contributed by atoms with van der Waals surface area (Å²) >= 11 is 4.82. The SMILES string of the molecule is NC(CN1CCN(C(=O)c2sccc2Br)CC1)=NO. The third kappa shape index (κ3) is 3.46. The molecule has 1 aromatic heterocycles. The highest BCUT2D eigenvalue weighted by atomic mass is 79.9. The first-order chi connectivity index (χ1) is 9.11. The molecule has 1 amide bonds. The summed E-state index contributed by atoms with van der Waals surface area (Å²) in [5, 5.41) is 13.4. The predicted molar refractivity (Wildman–Crippen MR) is 77.8 cm³/mol. The van der Waals surface area contributed by atoms with Gasteiger partial charge in [0, 0.05) is 30.7 Å². The number of piperazine rings is 1. The number of carbonyl (C=O) groups is 1. The Morgan fingerprint density at radius 1 is 1.47 bits per heavy atom. The summed E-state index contributed by atoms with van der Waals surface area (Å²) in [7, 11) is 0. The van der Waals surface area contributed by atoms with Crippen LogP contribution in [0.5, 0.6) is 0 Å². The summed E-state index contributed by atoms with van der Waals surface area (Å²) in [5.74, 6) is 0.256. The molecule has 1 aromatic rings. The number of hydrogen-bond donors (Lipinski definition) is 2. The van der Waals surface area contributed by atoms with Crippen LogP contribution < -0.4 is 5.73 Å². The van der Waals surface area contributed by atoms with E-state index < -0.39 is 0 Å². The van der Waals surface area contributed by atoms with Gasteiger partial charge in [0.15, 0.2) is 5.84 Å². The quantitative estimate of drug-likeness (QED) is 0.370. The Labute approximate surface area is 123 Å². The Balaban J connectivity index is 1.90. The van der Waals surface area contributed by atoms with Crippen LogP contribution in [0.15, 0.2) is 21.1 Å². The lowest BCUT2D eigenvalue weighted by Crippen LogP contribution is -2.50. The second-order valence-electron chi connectivity index (χ2n) is 4.26. The van der Waals surface area contributed by atoms with Crippen LogP contribution in [-0.4, -0.2) is 59.5 Å². The van der Waals surface area contributed by atoms with E-state index >= 15 is 0 Å². The Kier molecular flexibility index (Phi) is 4.78. The van der Waals surface area contributed by atoms with Gasteiger partial charge in [-0.1, -0.05) is 5.16 Å². The number of amidine groups is 1. The molecular weight excluding hydrogens is 332 g/mol. The fraction of sp³-hybridized carbons (Fsp3) is 0.455. The largest absolute Gasteiger partial charge is 0.409 e. The number of carbonyl (C=O) groups excluding carboxylic acids is 1. The van der Waals surface area contributed by atoms with Crippen molar-refractivity contribution in [2.24, 2.45) is 10.9 Å². The summed E-state index contributed by atoms with van der Waals surface area (Å²) < 4.78 is 0.849. The van der Waals surface area contributed by atoms with E-state index in [0.717, 1.165) is 22.4 Å². The van der Waals surface area contributed by atoms with Crippen molar-refractivity contribution in [1.82, 2.24) is 9.80 Å². The van der Waals surface area contributed by atoms with Crippen molar-refractivity contribution in [3.8, 4) is 0 Å². The van der Waals surface area contributed by atoms with E-state index in [4.69, 9.17) is 10.9 Å². The molecule has 0 bridgehead atoms. The number of hydrogen-bond acceptors (Lipinski definition) is 5. The van der Waals surface area contributed by atoms with Gasteiger partial charge in [-0.3, -0.25) is 9.69 Å². The maximum atomic E-state index is 12.3. The van der Waals surface area contributed by atoms with Gasteiger partial charge < -0.3 is 15.8 Å². The maximum absolute atomic E-state index is 12.3. The Bertz CT molecular complexity index is 483. The topological polar surface area (TPSA) is 82.2 Å². The minimum absolute atomic E-state index is 0.0605. The fourth-order valence-corrected chi connectivity index (χ4v) is 3.47. The zero-order valence-electron chi connectivity index (χ0n) is 10.3. The van der Waals surface area contributed by atoms with Gasteiger partial charge >= 0.3 is 0 Å². The van der Waals surface area contributed by atoms with Crippen molar-refractivity contribution in [3.05, 3.63) is 20.8 Å². The summed E-state index contributed by atoms with van der Waals surface area (Å²) in [6.07, 6.45) is 0. The van der Waals surface area contributed by atoms with Gasteiger partial charge in [-0.2, -0.15) is 0 Å². The summed E-state index contributed by atoms with van der Waals surface area (Å²) in [6, 6.07) is 1.88. The highest BCUT2D eigenvalue weighted by molar-refractivity contribution is 9.10. The lowest BCUT2D eigenvalue weighted by Gasteiger charge is -2.34. The first-order valence-electron chi connectivity index (χ1n) is 5.83. The Morgan fingerprint density at radius 3 is 2.68 bits per heavy atom. The minimum Gasteiger partial charge on any atom is -0.409 e. The average Bonchev–Trinajstić information content (AvgIpc) is 2.85. The smallest absolute Gasteiger partial charge is 0.265 e. The zero-order chi connectivity index (χ0) is 13.8.